The fraction of sp³-hybridized carbons (Fsp3) is 0.600. The summed E-state index contributed by atoms with van der Waals surface area (Å²) in [6.45, 7) is 4.45. The molecule has 1 aliphatic carbocycles. The fourth-order valence-electron chi connectivity index (χ4n) is 2.40. The first-order chi connectivity index (χ1) is 8.63. The number of anilines is 1. The quantitative estimate of drug-likeness (QED) is 0.811. The van der Waals surface area contributed by atoms with Crippen LogP contribution in [-0.2, 0) is 0 Å². The van der Waals surface area contributed by atoms with E-state index in [1.54, 1.807) is 0 Å². The van der Waals surface area contributed by atoms with E-state index < -0.39 is 0 Å². The lowest BCUT2D eigenvalue weighted by molar-refractivity contribution is 0.411. The van der Waals surface area contributed by atoms with Crippen LogP contribution in [0.1, 0.15) is 39.5 Å². The van der Waals surface area contributed by atoms with Crippen LogP contribution in [0.5, 0.6) is 0 Å². The van der Waals surface area contributed by atoms with Crippen molar-refractivity contribution < 1.29 is 0 Å². The number of hydrogen-bond acceptors (Lipinski definition) is 3. The zero-order valence-corrected chi connectivity index (χ0v) is 12.2. The SMILES string of the molecule is CC(C)Sc1ccc(NC2CCC(N)CC2)cc1. The van der Waals surface area contributed by atoms with Crippen LogP contribution in [0.15, 0.2) is 29.2 Å². The van der Waals surface area contributed by atoms with Crippen molar-refractivity contribution >= 4 is 17.4 Å². The molecule has 2 nitrogen and oxygen atoms in total. The van der Waals surface area contributed by atoms with E-state index in [1.807, 2.05) is 11.8 Å². The average molecular weight is 264 g/mol. The molecule has 0 unspecified atom stereocenters. The first kappa shape index (κ1) is 13.8. The highest BCUT2D eigenvalue weighted by Gasteiger charge is 2.17. The highest BCUT2D eigenvalue weighted by atomic mass is 32.2. The van der Waals surface area contributed by atoms with Crippen LogP contribution in [-0.4, -0.2) is 17.3 Å². The van der Waals surface area contributed by atoms with Crippen molar-refractivity contribution in [2.75, 3.05) is 5.32 Å². The second kappa shape index (κ2) is 6.48. The molecule has 0 spiro atoms. The molecule has 100 valence electrons. The van der Waals surface area contributed by atoms with Crippen LogP contribution in [0.4, 0.5) is 5.69 Å². The fourth-order valence-corrected chi connectivity index (χ4v) is 3.24. The Morgan fingerprint density at radius 2 is 1.72 bits per heavy atom. The summed E-state index contributed by atoms with van der Waals surface area (Å²) in [5, 5.41) is 4.26. The molecule has 0 aromatic heterocycles. The zero-order chi connectivity index (χ0) is 13.0. The molecule has 0 atom stereocenters. The van der Waals surface area contributed by atoms with Gasteiger partial charge in [0.05, 0.1) is 0 Å². The molecule has 18 heavy (non-hydrogen) atoms. The molecular formula is C15H24N2S. The minimum Gasteiger partial charge on any atom is -0.382 e. The molecule has 0 saturated heterocycles. The van der Waals surface area contributed by atoms with Crippen molar-refractivity contribution in [2.45, 2.75) is 61.8 Å². The van der Waals surface area contributed by atoms with Crippen molar-refractivity contribution in [2.24, 2.45) is 5.73 Å². The molecule has 0 heterocycles. The lowest BCUT2D eigenvalue weighted by Crippen LogP contribution is -2.32. The van der Waals surface area contributed by atoms with Crippen molar-refractivity contribution in [3.63, 3.8) is 0 Å². The molecule has 1 aliphatic rings. The van der Waals surface area contributed by atoms with Gasteiger partial charge in [0.15, 0.2) is 0 Å². The van der Waals surface area contributed by atoms with Gasteiger partial charge >= 0.3 is 0 Å². The third-order valence-corrected chi connectivity index (χ3v) is 4.38. The van der Waals surface area contributed by atoms with Crippen molar-refractivity contribution in [1.82, 2.24) is 0 Å². The largest absolute Gasteiger partial charge is 0.382 e. The Kier molecular flexibility index (Phi) is 4.95. The number of nitrogens with two attached hydrogens (primary N) is 1. The minimum atomic E-state index is 0.424. The summed E-state index contributed by atoms with van der Waals surface area (Å²) in [7, 11) is 0. The van der Waals surface area contributed by atoms with Gasteiger partial charge in [0.2, 0.25) is 0 Å². The zero-order valence-electron chi connectivity index (χ0n) is 11.4. The van der Waals surface area contributed by atoms with E-state index in [1.165, 1.54) is 23.4 Å². The molecule has 3 heteroatoms. The lowest BCUT2D eigenvalue weighted by atomic mass is 9.92. The smallest absolute Gasteiger partial charge is 0.0343 e. The highest BCUT2D eigenvalue weighted by Crippen LogP contribution is 2.26. The Morgan fingerprint density at radius 1 is 1.11 bits per heavy atom. The lowest BCUT2D eigenvalue weighted by Gasteiger charge is -2.27. The maximum Gasteiger partial charge on any atom is 0.0343 e. The molecule has 0 aliphatic heterocycles. The van der Waals surface area contributed by atoms with Crippen molar-refractivity contribution in [3.05, 3.63) is 24.3 Å². The Labute approximate surface area is 115 Å². The second-order valence-corrected chi connectivity index (χ2v) is 7.10. The number of thioether (sulfide) groups is 1. The summed E-state index contributed by atoms with van der Waals surface area (Å²) in [5.41, 5.74) is 7.17. The molecule has 1 aromatic rings. The van der Waals surface area contributed by atoms with Gasteiger partial charge in [-0.3, -0.25) is 0 Å². The molecule has 1 fully saturated rings. The Morgan fingerprint density at radius 3 is 2.28 bits per heavy atom. The van der Waals surface area contributed by atoms with Crippen LogP contribution in [0, 0.1) is 0 Å². The molecule has 1 saturated carbocycles. The second-order valence-electron chi connectivity index (χ2n) is 5.45. The van der Waals surface area contributed by atoms with Gasteiger partial charge in [-0.15, -0.1) is 11.8 Å². The summed E-state index contributed by atoms with van der Waals surface area (Å²) in [5.74, 6) is 0. The standard InChI is InChI=1S/C15H24N2S/c1-11(2)18-15-9-7-14(8-10-15)17-13-5-3-12(16)4-6-13/h7-13,17H,3-6,16H2,1-2H3. The molecule has 0 radical (unpaired) electrons. The van der Waals surface area contributed by atoms with Crippen LogP contribution in [0.3, 0.4) is 0 Å². The first-order valence-electron chi connectivity index (χ1n) is 6.92. The Hall–Kier alpha value is -0.670. The highest BCUT2D eigenvalue weighted by molar-refractivity contribution is 7.99. The van der Waals surface area contributed by atoms with E-state index in [-0.39, 0.29) is 0 Å². The molecule has 1 aromatic carbocycles. The normalized spacial score (nSPS) is 24.2. The summed E-state index contributed by atoms with van der Waals surface area (Å²) in [6, 6.07) is 9.84. The third-order valence-electron chi connectivity index (χ3n) is 3.37. The summed E-state index contributed by atoms with van der Waals surface area (Å²) in [6.07, 6.45) is 4.70. The van der Waals surface area contributed by atoms with Crippen molar-refractivity contribution in [3.8, 4) is 0 Å². The minimum absolute atomic E-state index is 0.424. The first-order valence-corrected chi connectivity index (χ1v) is 7.80. The van der Waals surface area contributed by atoms with Gasteiger partial charge in [-0.2, -0.15) is 0 Å². The number of hydrogen-bond donors (Lipinski definition) is 2. The molecule has 2 rings (SSSR count). The average Bonchev–Trinajstić information content (AvgIpc) is 2.34. The van der Waals surface area contributed by atoms with Gasteiger partial charge in [-0.1, -0.05) is 13.8 Å². The Balaban J connectivity index is 1.86. The van der Waals surface area contributed by atoms with Crippen LogP contribution >= 0.6 is 11.8 Å². The van der Waals surface area contributed by atoms with Crippen molar-refractivity contribution in [1.29, 1.82) is 0 Å². The van der Waals surface area contributed by atoms with Crippen LogP contribution < -0.4 is 11.1 Å². The maximum atomic E-state index is 5.93. The summed E-state index contributed by atoms with van der Waals surface area (Å²) in [4.78, 5) is 1.35. The third kappa shape index (κ3) is 4.21. The molecule has 3 N–H and O–H groups in total. The predicted molar refractivity (Wildman–Crippen MR) is 81.3 cm³/mol. The van der Waals surface area contributed by atoms with Gasteiger partial charge in [-0.25, -0.2) is 0 Å². The van der Waals surface area contributed by atoms with E-state index in [0.717, 1.165) is 12.8 Å². The predicted octanol–water partition coefficient (Wildman–Crippen LogP) is 3.87. The van der Waals surface area contributed by atoms with E-state index >= 15 is 0 Å². The number of nitrogens with one attached hydrogen (secondary N) is 1. The van der Waals surface area contributed by atoms with Gasteiger partial charge < -0.3 is 11.1 Å². The number of rotatable bonds is 4. The van der Waals surface area contributed by atoms with Crippen LogP contribution in [0.25, 0.3) is 0 Å². The monoisotopic (exact) mass is 264 g/mol. The van der Waals surface area contributed by atoms with Crippen LogP contribution in [0.2, 0.25) is 0 Å². The van der Waals surface area contributed by atoms with Gasteiger partial charge in [0.1, 0.15) is 0 Å². The Bertz CT molecular complexity index is 353. The topological polar surface area (TPSA) is 38.0 Å². The maximum absolute atomic E-state index is 5.93. The summed E-state index contributed by atoms with van der Waals surface area (Å²) < 4.78 is 0. The molecule has 0 bridgehead atoms. The van der Waals surface area contributed by atoms with Gasteiger partial charge in [0, 0.05) is 27.9 Å². The number of benzene rings is 1. The van der Waals surface area contributed by atoms with E-state index in [0.29, 0.717) is 17.3 Å². The molecule has 0 amide bonds. The summed E-state index contributed by atoms with van der Waals surface area (Å²) >= 11 is 1.91. The van der Waals surface area contributed by atoms with E-state index in [4.69, 9.17) is 5.73 Å². The van der Waals surface area contributed by atoms with E-state index in [9.17, 15) is 0 Å². The van der Waals surface area contributed by atoms with Gasteiger partial charge in [-0.05, 0) is 49.9 Å². The molecular weight excluding hydrogens is 240 g/mol. The van der Waals surface area contributed by atoms with E-state index in [2.05, 4.69) is 43.4 Å². The van der Waals surface area contributed by atoms with Gasteiger partial charge in [0.25, 0.3) is 0 Å².